The first kappa shape index (κ1) is 22.1. The molecule has 3 aliphatic heterocycles. The fourth-order valence-electron chi connectivity index (χ4n) is 4.59. The van der Waals surface area contributed by atoms with Gasteiger partial charge in [-0.1, -0.05) is 12.1 Å². The fraction of sp³-hybridized carbons (Fsp3) is 0.667. The largest absolute Gasteiger partial charge is 0.457 e. The Kier molecular flexibility index (Phi) is 5.12. The third-order valence-electron chi connectivity index (χ3n) is 6.23. The third-order valence-corrected chi connectivity index (χ3v) is 9.90. The van der Waals surface area contributed by atoms with E-state index in [1.165, 1.54) is 0 Å². The standard InChI is InChI=1S/C18H22F6N6OP/c19-16(20)13-29(18(23,24)17(16,21)22)32(27-9-3-4-10-27,28-11-5-6-12-28)31-30-15-8-2-1-7-14(15)25-26-30/h1-2,7-8H,3-6,9-13H2/q+1. The van der Waals surface area contributed by atoms with Crippen LogP contribution >= 0.6 is 7.94 Å². The molecule has 2 aromatic rings. The highest BCUT2D eigenvalue weighted by Gasteiger charge is 2.89. The van der Waals surface area contributed by atoms with Crippen molar-refractivity contribution in [3.8, 4) is 0 Å². The number of para-hydroxylation sites is 1. The van der Waals surface area contributed by atoms with E-state index in [9.17, 15) is 17.6 Å². The number of aromatic nitrogens is 3. The van der Waals surface area contributed by atoms with Crippen molar-refractivity contribution in [1.29, 1.82) is 0 Å². The van der Waals surface area contributed by atoms with E-state index in [1.807, 2.05) is 0 Å². The van der Waals surface area contributed by atoms with E-state index in [2.05, 4.69) is 10.3 Å². The van der Waals surface area contributed by atoms with Crippen LogP contribution in [-0.2, 0) is 0 Å². The maximum atomic E-state index is 15.2. The molecule has 3 saturated heterocycles. The van der Waals surface area contributed by atoms with E-state index in [1.54, 1.807) is 33.6 Å². The lowest BCUT2D eigenvalue weighted by molar-refractivity contribution is -0.286. The molecule has 0 atom stereocenters. The molecule has 0 aliphatic carbocycles. The van der Waals surface area contributed by atoms with E-state index in [-0.39, 0.29) is 30.8 Å². The number of benzene rings is 1. The summed E-state index contributed by atoms with van der Waals surface area (Å²) in [7, 11) is -4.06. The van der Waals surface area contributed by atoms with Gasteiger partial charge in [0.25, 0.3) is 0 Å². The van der Waals surface area contributed by atoms with E-state index in [0.717, 1.165) is 4.85 Å². The molecular formula is C18H22F6N6OP+. The second kappa shape index (κ2) is 7.41. The molecule has 7 nitrogen and oxygen atoms in total. The number of rotatable bonds is 5. The van der Waals surface area contributed by atoms with Gasteiger partial charge in [0.05, 0.1) is 0 Å². The van der Waals surface area contributed by atoms with Crippen LogP contribution in [0.3, 0.4) is 0 Å². The number of hydrogen-bond donors (Lipinski definition) is 0. The lowest BCUT2D eigenvalue weighted by atomic mass is 10.2. The molecule has 0 saturated carbocycles. The van der Waals surface area contributed by atoms with Crippen molar-refractivity contribution in [2.45, 2.75) is 43.6 Å². The van der Waals surface area contributed by atoms with Gasteiger partial charge in [-0.15, -0.1) is 14.4 Å². The van der Waals surface area contributed by atoms with Gasteiger partial charge in [0, 0.05) is 26.2 Å². The quantitative estimate of drug-likeness (QED) is 0.365. The van der Waals surface area contributed by atoms with Crippen LogP contribution in [0.2, 0.25) is 0 Å². The summed E-state index contributed by atoms with van der Waals surface area (Å²) in [5.74, 6) is -10.5. The summed E-state index contributed by atoms with van der Waals surface area (Å²) >= 11 is 0. The molecule has 32 heavy (non-hydrogen) atoms. The maximum absolute atomic E-state index is 15.2. The van der Waals surface area contributed by atoms with Crippen molar-refractivity contribution in [2.75, 3.05) is 32.7 Å². The van der Waals surface area contributed by atoms with Crippen LogP contribution in [0.5, 0.6) is 0 Å². The molecular weight excluding hydrogens is 461 g/mol. The molecule has 0 unspecified atom stereocenters. The minimum atomic E-state index is -5.54. The predicted octanol–water partition coefficient (Wildman–Crippen LogP) is 3.91. The summed E-state index contributed by atoms with van der Waals surface area (Å²) in [5.41, 5.74) is 0.730. The molecule has 0 amide bonds. The van der Waals surface area contributed by atoms with Crippen LogP contribution in [0.15, 0.2) is 24.3 Å². The van der Waals surface area contributed by atoms with Crippen LogP contribution in [0.1, 0.15) is 25.7 Å². The summed E-state index contributed by atoms with van der Waals surface area (Å²) in [6.45, 7) is -0.761. The smallest absolute Gasteiger partial charge is 0.198 e. The van der Waals surface area contributed by atoms with Crippen molar-refractivity contribution in [3.05, 3.63) is 24.3 Å². The molecule has 5 rings (SSSR count). The van der Waals surface area contributed by atoms with Gasteiger partial charge in [0.15, 0.2) is 0 Å². The van der Waals surface area contributed by atoms with Crippen LogP contribution in [0.25, 0.3) is 11.0 Å². The Bertz CT molecular complexity index is 977. The van der Waals surface area contributed by atoms with Crippen LogP contribution in [0.4, 0.5) is 26.3 Å². The fourth-order valence-corrected chi connectivity index (χ4v) is 8.60. The van der Waals surface area contributed by atoms with Gasteiger partial charge in [-0.25, -0.2) is 0 Å². The zero-order chi connectivity index (χ0) is 22.8. The highest BCUT2D eigenvalue weighted by atomic mass is 31.2. The molecule has 0 radical (unpaired) electrons. The lowest BCUT2D eigenvalue weighted by Crippen LogP contribution is -2.55. The van der Waals surface area contributed by atoms with Crippen LogP contribution < -0.4 is 4.62 Å². The van der Waals surface area contributed by atoms with Gasteiger partial charge in [0.2, 0.25) is 0 Å². The van der Waals surface area contributed by atoms with E-state index in [4.69, 9.17) is 4.62 Å². The monoisotopic (exact) mass is 483 g/mol. The van der Waals surface area contributed by atoms with Crippen molar-refractivity contribution < 1.29 is 31.0 Å². The molecule has 4 heterocycles. The van der Waals surface area contributed by atoms with Crippen LogP contribution in [-0.4, -0.2) is 79.8 Å². The highest BCUT2D eigenvalue weighted by Crippen LogP contribution is 2.75. The van der Waals surface area contributed by atoms with E-state index >= 15 is 8.78 Å². The SMILES string of the molecule is FC1(F)CN([P+](On2nnc3ccccc32)(N2CCCC2)N2CCCC2)C(F)(F)C1(F)F. The van der Waals surface area contributed by atoms with Gasteiger partial charge >= 0.3 is 25.8 Å². The van der Waals surface area contributed by atoms with Gasteiger partial charge in [-0.3, -0.25) is 0 Å². The van der Waals surface area contributed by atoms with Crippen molar-refractivity contribution >= 4 is 19.0 Å². The summed E-state index contributed by atoms with van der Waals surface area (Å²) in [6, 6.07) is 1.44. The first-order valence-electron chi connectivity index (χ1n) is 10.4. The topological polar surface area (TPSA) is 49.7 Å². The van der Waals surface area contributed by atoms with Gasteiger partial charge in [0.1, 0.15) is 17.6 Å². The number of alkyl halides is 6. The first-order chi connectivity index (χ1) is 15.1. The highest BCUT2D eigenvalue weighted by molar-refractivity contribution is 7.64. The van der Waals surface area contributed by atoms with E-state index in [0.29, 0.717) is 36.7 Å². The Morgan fingerprint density at radius 3 is 1.94 bits per heavy atom. The zero-order valence-corrected chi connectivity index (χ0v) is 17.9. The van der Waals surface area contributed by atoms with Gasteiger partial charge < -0.3 is 0 Å². The normalized spacial score (nSPS) is 26.3. The maximum Gasteiger partial charge on any atom is 0.457 e. The molecule has 14 heteroatoms. The summed E-state index contributed by atoms with van der Waals surface area (Å²) in [5, 5.41) is 7.83. The predicted molar refractivity (Wildman–Crippen MR) is 104 cm³/mol. The molecule has 1 aromatic heterocycles. The number of hydrogen-bond acceptors (Lipinski definition) is 6. The summed E-state index contributed by atoms with van der Waals surface area (Å²) in [4.78, 5) is 0.921. The number of fused-ring (bicyclic) bond motifs is 1. The van der Waals surface area contributed by atoms with Crippen molar-refractivity contribution in [1.82, 2.24) is 29.2 Å². The Balaban J connectivity index is 1.69. The number of halogens is 6. The first-order valence-corrected chi connectivity index (χ1v) is 12.0. The van der Waals surface area contributed by atoms with Crippen LogP contribution in [0, 0.1) is 0 Å². The average molecular weight is 483 g/mol. The molecule has 176 valence electrons. The second-order valence-corrected chi connectivity index (χ2v) is 11.0. The molecule has 0 spiro atoms. The Hall–Kier alpha value is -1.69. The number of nitrogens with zero attached hydrogens (tertiary/aromatic N) is 6. The zero-order valence-electron chi connectivity index (χ0n) is 17.0. The Labute approximate surface area is 180 Å². The Morgan fingerprint density at radius 2 is 1.41 bits per heavy atom. The molecule has 1 aromatic carbocycles. The van der Waals surface area contributed by atoms with Crippen molar-refractivity contribution in [3.63, 3.8) is 0 Å². The minimum absolute atomic E-state index is 0.0624. The molecule has 0 N–H and O–H groups in total. The molecule has 0 bridgehead atoms. The molecule has 3 aliphatic rings. The second-order valence-electron chi connectivity index (χ2n) is 8.25. The summed E-state index contributed by atoms with van der Waals surface area (Å²) in [6.07, 6.45) is 2.46. The summed E-state index contributed by atoms with van der Waals surface area (Å²) < 4.78 is 96.8. The Morgan fingerprint density at radius 1 is 0.844 bits per heavy atom. The lowest BCUT2D eigenvalue weighted by Gasteiger charge is -2.41. The van der Waals surface area contributed by atoms with E-state index < -0.39 is 32.4 Å². The van der Waals surface area contributed by atoms with Gasteiger partial charge in [-0.2, -0.15) is 31.0 Å². The van der Waals surface area contributed by atoms with Crippen molar-refractivity contribution in [2.24, 2.45) is 0 Å². The third kappa shape index (κ3) is 2.97. The average Bonchev–Trinajstić information content (AvgIpc) is 3.53. The van der Waals surface area contributed by atoms with Gasteiger partial charge in [-0.05, 0) is 52.5 Å². The molecule has 3 fully saturated rings. The minimum Gasteiger partial charge on any atom is -0.198 e.